The average Bonchev–Trinajstić information content (AvgIpc) is 3.19. The van der Waals surface area contributed by atoms with Gasteiger partial charge in [0.25, 0.3) is 5.91 Å². The Morgan fingerprint density at radius 1 is 1.25 bits per heavy atom. The Hall–Kier alpha value is -2.77. The van der Waals surface area contributed by atoms with Gasteiger partial charge in [0.1, 0.15) is 0 Å². The lowest BCUT2D eigenvalue weighted by Gasteiger charge is -2.13. The molecule has 28 heavy (non-hydrogen) atoms. The Labute approximate surface area is 168 Å². The molecule has 1 aliphatic rings. The fourth-order valence-corrected chi connectivity index (χ4v) is 3.42. The van der Waals surface area contributed by atoms with Crippen LogP contribution < -0.4 is 16.4 Å². The number of carbonyl (C=O) groups is 2. The van der Waals surface area contributed by atoms with Crippen molar-refractivity contribution in [2.45, 2.75) is 38.1 Å². The van der Waals surface area contributed by atoms with E-state index in [0.717, 1.165) is 5.56 Å². The van der Waals surface area contributed by atoms with Crippen LogP contribution in [0.3, 0.4) is 0 Å². The molecule has 1 aliphatic carbocycles. The first-order valence-electron chi connectivity index (χ1n) is 9.10. The third-order valence-electron chi connectivity index (χ3n) is 4.78. The van der Waals surface area contributed by atoms with Gasteiger partial charge in [-0.1, -0.05) is 13.0 Å². The van der Waals surface area contributed by atoms with Gasteiger partial charge in [0.2, 0.25) is 5.91 Å². The molecule has 1 fully saturated rings. The molecule has 1 aromatic heterocycles. The summed E-state index contributed by atoms with van der Waals surface area (Å²) in [4.78, 5) is 24.6. The molecule has 1 heterocycles. The zero-order valence-electron chi connectivity index (χ0n) is 15.9. The summed E-state index contributed by atoms with van der Waals surface area (Å²) in [6, 6.07) is 8.66. The molecule has 0 aliphatic heterocycles. The zero-order valence-corrected chi connectivity index (χ0v) is 16.7. The molecule has 1 saturated carbocycles. The van der Waals surface area contributed by atoms with E-state index >= 15 is 0 Å². The lowest BCUT2D eigenvalue weighted by molar-refractivity contribution is -0.118. The fourth-order valence-electron chi connectivity index (χ4n) is 2.66. The number of rotatable bonds is 7. The topological polar surface area (TPSA) is 108 Å². The zero-order chi connectivity index (χ0) is 20.3. The van der Waals surface area contributed by atoms with Gasteiger partial charge in [0.15, 0.2) is 0 Å². The van der Waals surface area contributed by atoms with E-state index in [9.17, 15) is 9.59 Å². The first-order valence-corrected chi connectivity index (χ1v) is 10.0. The molecule has 0 radical (unpaired) electrons. The van der Waals surface area contributed by atoms with Crippen LogP contribution in [0, 0.1) is 5.41 Å². The second-order valence-corrected chi connectivity index (χ2v) is 7.97. The van der Waals surface area contributed by atoms with E-state index in [0.29, 0.717) is 29.8 Å². The summed E-state index contributed by atoms with van der Waals surface area (Å²) in [7, 11) is 0. The number of carbonyl (C=O) groups excluding carboxylic acids is 2. The number of anilines is 1. The van der Waals surface area contributed by atoms with Crippen LogP contribution in [0.5, 0.6) is 0 Å². The van der Waals surface area contributed by atoms with E-state index in [1.165, 1.54) is 0 Å². The van der Waals surface area contributed by atoms with Crippen LogP contribution in [0.25, 0.3) is 0 Å². The second kappa shape index (κ2) is 8.08. The van der Waals surface area contributed by atoms with E-state index < -0.39 is 5.54 Å². The molecule has 5 N–H and O–H groups in total. The molecular formula is C21H24N4O2S. The molecule has 146 valence electrons. The summed E-state index contributed by atoms with van der Waals surface area (Å²) >= 11 is 1.62. The standard InChI is InChI=1S/C21H24N4O2S/c1-13(16-7-10-28-12-16)11-18(14(2)22)25-19(26)15-3-5-17(6-4-15)24-20(27)21(23)8-9-21/h3-7,10-13,22H,8-9,23H2,1-2H3,(H,24,27)(H,25,26)/b18-11+,22-14?. The van der Waals surface area contributed by atoms with Crippen molar-refractivity contribution in [3.05, 3.63) is 64.0 Å². The van der Waals surface area contributed by atoms with Crippen molar-refractivity contribution in [2.75, 3.05) is 5.32 Å². The third kappa shape index (κ3) is 4.74. The molecule has 0 bridgehead atoms. The van der Waals surface area contributed by atoms with Crippen molar-refractivity contribution in [3.63, 3.8) is 0 Å². The minimum absolute atomic E-state index is 0.0884. The Bertz CT molecular complexity index is 912. The normalized spacial score (nSPS) is 16.2. The molecule has 3 rings (SSSR count). The summed E-state index contributed by atoms with van der Waals surface area (Å²) in [5, 5.41) is 17.6. The number of nitrogens with one attached hydrogen (secondary N) is 3. The lowest BCUT2D eigenvalue weighted by atomic mass is 10.0. The van der Waals surface area contributed by atoms with Gasteiger partial charge in [-0.3, -0.25) is 9.59 Å². The van der Waals surface area contributed by atoms with Crippen molar-refractivity contribution in [1.82, 2.24) is 5.32 Å². The van der Waals surface area contributed by atoms with E-state index in [-0.39, 0.29) is 23.4 Å². The molecular weight excluding hydrogens is 372 g/mol. The van der Waals surface area contributed by atoms with E-state index in [2.05, 4.69) is 16.0 Å². The minimum atomic E-state index is -0.740. The molecule has 7 heteroatoms. The highest BCUT2D eigenvalue weighted by atomic mass is 32.1. The summed E-state index contributed by atoms with van der Waals surface area (Å²) in [5.41, 5.74) is 8.10. The van der Waals surface area contributed by atoms with Gasteiger partial charge in [-0.25, -0.2) is 0 Å². The van der Waals surface area contributed by atoms with Crippen molar-refractivity contribution < 1.29 is 9.59 Å². The number of hydrogen-bond donors (Lipinski definition) is 4. The average molecular weight is 397 g/mol. The van der Waals surface area contributed by atoms with E-state index in [1.54, 1.807) is 42.5 Å². The molecule has 0 saturated heterocycles. The number of thiophene rings is 1. The van der Waals surface area contributed by atoms with Crippen molar-refractivity contribution in [3.8, 4) is 0 Å². The Morgan fingerprint density at radius 2 is 1.93 bits per heavy atom. The van der Waals surface area contributed by atoms with Crippen molar-refractivity contribution in [1.29, 1.82) is 5.41 Å². The lowest BCUT2D eigenvalue weighted by Crippen LogP contribution is -2.37. The van der Waals surface area contributed by atoms with Crippen LogP contribution >= 0.6 is 11.3 Å². The van der Waals surface area contributed by atoms with Crippen molar-refractivity contribution in [2.24, 2.45) is 5.73 Å². The van der Waals surface area contributed by atoms with Gasteiger partial charge >= 0.3 is 0 Å². The van der Waals surface area contributed by atoms with Gasteiger partial charge < -0.3 is 21.8 Å². The first kappa shape index (κ1) is 20.0. The van der Waals surface area contributed by atoms with Crippen LogP contribution in [0.1, 0.15) is 48.5 Å². The highest BCUT2D eigenvalue weighted by molar-refractivity contribution is 7.08. The SMILES string of the molecule is CC(=N)/C(=C\C(C)c1ccsc1)NC(=O)c1ccc(NC(=O)C2(N)CC2)cc1. The smallest absolute Gasteiger partial charge is 0.255 e. The third-order valence-corrected chi connectivity index (χ3v) is 5.49. The van der Waals surface area contributed by atoms with Gasteiger partial charge in [0.05, 0.1) is 16.9 Å². The predicted octanol–water partition coefficient (Wildman–Crippen LogP) is 3.63. The summed E-state index contributed by atoms with van der Waals surface area (Å²) in [5.74, 6) is -0.409. The molecule has 1 aromatic carbocycles. The van der Waals surface area contributed by atoms with Crippen LogP contribution in [0.4, 0.5) is 5.69 Å². The number of benzene rings is 1. The predicted molar refractivity (Wildman–Crippen MR) is 113 cm³/mol. The quantitative estimate of drug-likeness (QED) is 0.537. The Kier molecular flexibility index (Phi) is 5.76. The van der Waals surface area contributed by atoms with Crippen LogP contribution in [-0.2, 0) is 4.79 Å². The summed E-state index contributed by atoms with van der Waals surface area (Å²) < 4.78 is 0. The van der Waals surface area contributed by atoms with Gasteiger partial charge in [-0.2, -0.15) is 11.3 Å². The fraction of sp³-hybridized carbons (Fsp3) is 0.286. The molecule has 1 unspecified atom stereocenters. The van der Waals surface area contributed by atoms with Gasteiger partial charge in [-0.15, -0.1) is 0 Å². The number of nitrogens with two attached hydrogens (primary N) is 1. The first-order chi connectivity index (χ1) is 13.3. The molecule has 1 atom stereocenters. The Balaban J connectivity index is 1.66. The summed E-state index contributed by atoms with van der Waals surface area (Å²) in [6.07, 6.45) is 3.27. The van der Waals surface area contributed by atoms with Crippen LogP contribution in [0.2, 0.25) is 0 Å². The number of amides is 2. The minimum Gasteiger partial charge on any atom is -0.324 e. The molecule has 6 nitrogen and oxygen atoms in total. The molecule has 2 amide bonds. The maximum absolute atomic E-state index is 12.6. The van der Waals surface area contributed by atoms with Crippen LogP contribution in [-0.4, -0.2) is 23.1 Å². The Morgan fingerprint density at radius 3 is 2.46 bits per heavy atom. The molecule has 2 aromatic rings. The maximum Gasteiger partial charge on any atom is 0.255 e. The maximum atomic E-state index is 12.6. The molecule has 0 spiro atoms. The van der Waals surface area contributed by atoms with Crippen molar-refractivity contribution >= 4 is 34.6 Å². The number of hydrogen-bond acceptors (Lipinski definition) is 5. The van der Waals surface area contributed by atoms with Gasteiger partial charge in [0, 0.05) is 17.2 Å². The summed E-state index contributed by atoms with van der Waals surface area (Å²) in [6.45, 7) is 3.67. The van der Waals surface area contributed by atoms with E-state index in [1.807, 2.05) is 24.4 Å². The second-order valence-electron chi connectivity index (χ2n) is 7.19. The van der Waals surface area contributed by atoms with E-state index in [4.69, 9.17) is 11.1 Å². The highest BCUT2D eigenvalue weighted by Crippen LogP contribution is 2.33. The van der Waals surface area contributed by atoms with Crippen LogP contribution in [0.15, 0.2) is 52.9 Å². The largest absolute Gasteiger partial charge is 0.324 e. The highest BCUT2D eigenvalue weighted by Gasteiger charge is 2.45. The number of allylic oxidation sites excluding steroid dienone is 2. The monoisotopic (exact) mass is 396 g/mol. The van der Waals surface area contributed by atoms with Gasteiger partial charge in [-0.05, 0) is 66.4 Å².